The van der Waals surface area contributed by atoms with E-state index in [1.807, 2.05) is 18.7 Å². The van der Waals surface area contributed by atoms with Crippen LogP contribution in [0.2, 0.25) is 0 Å². The van der Waals surface area contributed by atoms with Gasteiger partial charge in [-0.25, -0.2) is 0 Å². The minimum atomic E-state index is -0.853. The number of nitro benzene ring substituents is 1. The number of benzene rings is 1. The fourth-order valence-electron chi connectivity index (χ4n) is 1.81. The number of aliphatic carboxylic acids is 1. The van der Waals surface area contributed by atoms with Gasteiger partial charge >= 0.3 is 5.97 Å². The first-order chi connectivity index (χ1) is 9.32. The summed E-state index contributed by atoms with van der Waals surface area (Å²) < 4.78 is 0.450. The summed E-state index contributed by atoms with van der Waals surface area (Å²) in [7, 11) is 0. The Bertz CT molecular complexity index is 505. The van der Waals surface area contributed by atoms with E-state index in [4.69, 9.17) is 5.11 Å². The highest BCUT2D eigenvalue weighted by molar-refractivity contribution is 9.10. The molecule has 110 valence electrons. The van der Waals surface area contributed by atoms with Crippen LogP contribution in [0.3, 0.4) is 0 Å². The Morgan fingerprint density at radius 1 is 1.50 bits per heavy atom. The van der Waals surface area contributed by atoms with Crippen molar-refractivity contribution in [3.63, 3.8) is 0 Å². The Morgan fingerprint density at radius 2 is 2.15 bits per heavy atom. The molecular formula is C13H17BrN2O4. The molecule has 0 aliphatic rings. The number of nitrogens with zero attached hydrogens (tertiary/aromatic N) is 2. The molecule has 0 saturated heterocycles. The van der Waals surface area contributed by atoms with Crippen LogP contribution in [0, 0.1) is 10.1 Å². The largest absolute Gasteiger partial charge is 0.481 e. The van der Waals surface area contributed by atoms with Crippen molar-refractivity contribution in [1.82, 2.24) is 4.90 Å². The Morgan fingerprint density at radius 3 is 2.65 bits per heavy atom. The van der Waals surface area contributed by atoms with Gasteiger partial charge < -0.3 is 5.11 Å². The highest BCUT2D eigenvalue weighted by Gasteiger charge is 2.18. The molecule has 0 aliphatic heterocycles. The van der Waals surface area contributed by atoms with E-state index < -0.39 is 10.9 Å². The Labute approximate surface area is 125 Å². The van der Waals surface area contributed by atoms with Crippen LogP contribution in [-0.4, -0.2) is 33.5 Å². The molecule has 6 nitrogen and oxygen atoms in total. The molecule has 1 rings (SSSR count). The molecule has 0 heterocycles. The fraction of sp³-hybridized carbons (Fsp3) is 0.462. The summed E-state index contributed by atoms with van der Waals surface area (Å²) in [6.45, 7) is 4.80. The standard InChI is InChI=1S/C13H17BrN2O4/c1-9(2)15(7-6-12(17)18)8-10-4-3-5-11(13(10)14)16(19)20/h3-5,9H,6-8H2,1-2H3,(H,17,18). The number of carbonyl (C=O) groups is 1. The highest BCUT2D eigenvalue weighted by Crippen LogP contribution is 2.29. The van der Waals surface area contributed by atoms with Crippen molar-refractivity contribution in [2.24, 2.45) is 0 Å². The molecule has 0 bridgehead atoms. The van der Waals surface area contributed by atoms with E-state index in [0.717, 1.165) is 5.56 Å². The number of rotatable bonds is 7. The third-order valence-corrected chi connectivity index (χ3v) is 3.89. The molecule has 1 aromatic rings. The minimum Gasteiger partial charge on any atom is -0.481 e. The van der Waals surface area contributed by atoms with Crippen LogP contribution in [0.25, 0.3) is 0 Å². The van der Waals surface area contributed by atoms with E-state index >= 15 is 0 Å². The number of carboxylic acids is 1. The zero-order chi connectivity index (χ0) is 15.3. The normalized spacial score (nSPS) is 11.1. The third kappa shape index (κ3) is 4.57. The second-order valence-electron chi connectivity index (χ2n) is 4.72. The fourth-order valence-corrected chi connectivity index (χ4v) is 2.34. The van der Waals surface area contributed by atoms with E-state index in [1.54, 1.807) is 12.1 Å². The average molecular weight is 345 g/mol. The number of carboxylic acid groups (broad SMARTS) is 1. The monoisotopic (exact) mass is 344 g/mol. The maximum Gasteiger partial charge on any atom is 0.304 e. The number of hydrogen-bond donors (Lipinski definition) is 1. The Kier molecular flexibility index (Phi) is 6.09. The van der Waals surface area contributed by atoms with Gasteiger partial charge in [0.2, 0.25) is 0 Å². The molecular weight excluding hydrogens is 328 g/mol. The van der Waals surface area contributed by atoms with Crippen molar-refractivity contribution in [3.05, 3.63) is 38.3 Å². The maximum atomic E-state index is 10.9. The molecule has 20 heavy (non-hydrogen) atoms. The maximum absolute atomic E-state index is 10.9. The Hall–Kier alpha value is -1.47. The predicted molar refractivity (Wildman–Crippen MR) is 78.6 cm³/mol. The first-order valence-corrected chi connectivity index (χ1v) is 6.99. The molecule has 0 spiro atoms. The van der Waals surface area contributed by atoms with Crippen LogP contribution in [-0.2, 0) is 11.3 Å². The highest BCUT2D eigenvalue weighted by atomic mass is 79.9. The summed E-state index contributed by atoms with van der Waals surface area (Å²) in [5, 5.41) is 19.6. The van der Waals surface area contributed by atoms with E-state index in [-0.39, 0.29) is 18.2 Å². The number of nitro groups is 1. The molecule has 7 heteroatoms. The van der Waals surface area contributed by atoms with Crippen molar-refractivity contribution in [2.75, 3.05) is 6.54 Å². The van der Waals surface area contributed by atoms with Gasteiger partial charge in [0, 0.05) is 25.2 Å². The van der Waals surface area contributed by atoms with Gasteiger partial charge in [0.25, 0.3) is 5.69 Å². The summed E-state index contributed by atoms with van der Waals surface area (Å²) in [4.78, 5) is 23.1. The molecule has 0 atom stereocenters. The van der Waals surface area contributed by atoms with Crippen molar-refractivity contribution < 1.29 is 14.8 Å². The van der Waals surface area contributed by atoms with Gasteiger partial charge in [-0.15, -0.1) is 0 Å². The smallest absolute Gasteiger partial charge is 0.304 e. The second-order valence-corrected chi connectivity index (χ2v) is 5.51. The zero-order valence-electron chi connectivity index (χ0n) is 11.4. The minimum absolute atomic E-state index is 0.0180. The van der Waals surface area contributed by atoms with Crippen molar-refractivity contribution in [1.29, 1.82) is 0 Å². The van der Waals surface area contributed by atoms with Crippen LogP contribution in [0.15, 0.2) is 22.7 Å². The number of halogens is 1. The van der Waals surface area contributed by atoms with Crippen molar-refractivity contribution >= 4 is 27.6 Å². The molecule has 0 unspecified atom stereocenters. The lowest BCUT2D eigenvalue weighted by atomic mass is 10.1. The van der Waals surface area contributed by atoms with Crippen molar-refractivity contribution in [3.8, 4) is 0 Å². The van der Waals surface area contributed by atoms with Crippen molar-refractivity contribution in [2.45, 2.75) is 32.9 Å². The van der Waals surface area contributed by atoms with E-state index in [0.29, 0.717) is 17.6 Å². The van der Waals surface area contributed by atoms with Gasteiger partial charge in [-0.05, 0) is 35.3 Å². The lowest BCUT2D eigenvalue weighted by Crippen LogP contribution is -2.32. The SMILES string of the molecule is CC(C)N(CCC(=O)O)Cc1cccc([N+](=O)[O-])c1Br. The van der Waals surface area contributed by atoms with Crippen LogP contribution in [0.5, 0.6) is 0 Å². The first-order valence-electron chi connectivity index (χ1n) is 6.20. The van der Waals surface area contributed by atoms with Gasteiger partial charge in [0.05, 0.1) is 15.8 Å². The van der Waals surface area contributed by atoms with Gasteiger partial charge in [-0.3, -0.25) is 19.8 Å². The Balaban J connectivity index is 2.91. The van der Waals surface area contributed by atoms with E-state index in [2.05, 4.69) is 15.9 Å². The van der Waals surface area contributed by atoms with Crippen LogP contribution in [0.4, 0.5) is 5.69 Å². The zero-order valence-corrected chi connectivity index (χ0v) is 13.0. The van der Waals surface area contributed by atoms with Gasteiger partial charge in [0.15, 0.2) is 0 Å². The molecule has 0 fully saturated rings. The molecule has 0 amide bonds. The topological polar surface area (TPSA) is 83.7 Å². The summed E-state index contributed by atoms with van der Waals surface area (Å²) >= 11 is 3.25. The first kappa shape index (κ1) is 16.6. The lowest BCUT2D eigenvalue weighted by molar-refractivity contribution is -0.385. The van der Waals surface area contributed by atoms with Gasteiger partial charge in [-0.2, -0.15) is 0 Å². The predicted octanol–water partition coefficient (Wildman–Crippen LogP) is 3.04. The van der Waals surface area contributed by atoms with Crippen LogP contribution in [0.1, 0.15) is 25.8 Å². The third-order valence-electron chi connectivity index (χ3n) is 2.97. The van der Waals surface area contributed by atoms with E-state index in [1.165, 1.54) is 6.07 Å². The molecule has 0 radical (unpaired) electrons. The van der Waals surface area contributed by atoms with Crippen LogP contribution >= 0.6 is 15.9 Å². The quantitative estimate of drug-likeness (QED) is 0.607. The molecule has 0 aromatic heterocycles. The molecule has 0 aliphatic carbocycles. The summed E-state index contributed by atoms with van der Waals surface area (Å²) in [6, 6.07) is 5.02. The number of hydrogen-bond acceptors (Lipinski definition) is 4. The van der Waals surface area contributed by atoms with E-state index in [9.17, 15) is 14.9 Å². The lowest BCUT2D eigenvalue weighted by Gasteiger charge is -2.26. The molecule has 1 N–H and O–H groups in total. The molecule has 1 aromatic carbocycles. The van der Waals surface area contributed by atoms with Crippen LogP contribution < -0.4 is 0 Å². The summed E-state index contributed by atoms with van der Waals surface area (Å²) in [5.74, 6) is -0.853. The summed E-state index contributed by atoms with van der Waals surface area (Å²) in [6.07, 6.45) is 0.0464. The van der Waals surface area contributed by atoms with Gasteiger partial charge in [0.1, 0.15) is 0 Å². The second kappa shape index (κ2) is 7.35. The molecule has 0 saturated carbocycles. The average Bonchev–Trinajstić information content (AvgIpc) is 2.35. The summed E-state index contributed by atoms with van der Waals surface area (Å²) in [5.41, 5.74) is 0.794. The van der Waals surface area contributed by atoms with Gasteiger partial charge in [-0.1, -0.05) is 12.1 Å².